The van der Waals surface area contributed by atoms with Crippen molar-refractivity contribution in [2.75, 3.05) is 0 Å². The average Bonchev–Trinajstić information content (AvgIpc) is 1.92. The van der Waals surface area contributed by atoms with E-state index < -0.39 is 14.9 Å². The van der Waals surface area contributed by atoms with Gasteiger partial charge in [-0.05, 0) is 28.1 Å². The largest absolute Gasteiger partial charge is 0.262 e. The summed E-state index contributed by atoms with van der Waals surface area (Å²) in [5.41, 5.74) is 0. The highest BCUT2D eigenvalue weighted by Gasteiger charge is 2.16. The van der Waals surface area contributed by atoms with E-state index in [9.17, 15) is 12.8 Å². The second-order valence-corrected chi connectivity index (χ2v) is 5.32. The van der Waals surface area contributed by atoms with Crippen molar-refractivity contribution in [1.82, 2.24) is 0 Å². The molecule has 1 rings (SSSR count). The molecule has 1 aromatic rings. The first-order chi connectivity index (χ1) is 5.43. The van der Waals surface area contributed by atoms with Gasteiger partial charge in [0.2, 0.25) is 0 Å². The molecule has 0 saturated carbocycles. The van der Waals surface area contributed by atoms with E-state index in [0.717, 1.165) is 6.07 Å². The number of halogens is 3. The lowest BCUT2D eigenvalue weighted by Gasteiger charge is -1.99. The Balaban J connectivity index is 3.47. The lowest BCUT2D eigenvalue weighted by molar-refractivity contribution is 0.598. The Kier molecular flexibility index (Phi) is 2.75. The molecule has 0 fully saturated rings. The molecule has 6 heteroatoms. The Morgan fingerprint density at radius 1 is 1.42 bits per heavy atom. The predicted octanol–water partition coefficient (Wildman–Crippen LogP) is 2.52. The molecule has 0 aliphatic carbocycles. The van der Waals surface area contributed by atoms with Crippen LogP contribution in [0.1, 0.15) is 0 Å². The summed E-state index contributed by atoms with van der Waals surface area (Å²) in [5.74, 6) is -0.656. The molecule has 0 aliphatic rings. The SMILES string of the molecule is O=S(=O)(Cl)c1cccc(F)c1Br. The highest BCUT2D eigenvalue weighted by molar-refractivity contribution is 9.10. The minimum absolute atomic E-state index is 0.139. The summed E-state index contributed by atoms with van der Waals surface area (Å²) in [5, 5.41) is 0. The molecular weight excluding hydrogens is 270 g/mol. The first-order valence-electron chi connectivity index (χ1n) is 2.81. The third kappa shape index (κ3) is 1.97. The van der Waals surface area contributed by atoms with Gasteiger partial charge in [0.15, 0.2) is 0 Å². The van der Waals surface area contributed by atoms with E-state index in [0.29, 0.717) is 0 Å². The van der Waals surface area contributed by atoms with Crippen molar-refractivity contribution in [3.63, 3.8) is 0 Å². The van der Waals surface area contributed by atoms with E-state index in [2.05, 4.69) is 15.9 Å². The van der Waals surface area contributed by atoms with Crippen molar-refractivity contribution in [2.45, 2.75) is 4.90 Å². The summed E-state index contributed by atoms with van der Waals surface area (Å²) in [4.78, 5) is -0.260. The van der Waals surface area contributed by atoms with Crippen molar-refractivity contribution in [2.24, 2.45) is 0 Å². The van der Waals surface area contributed by atoms with Crippen LogP contribution < -0.4 is 0 Å². The van der Waals surface area contributed by atoms with E-state index in [1.807, 2.05) is 0 Å². The van der Waals surface area contributed by atoms with Crippen LogP contribution in [-0.2, 0) is 9.05 Å². The maximum Gasteiger partial charge on any atom is 0.262 e. The van der Waals surface area contributed by atoms with Crippen LogP contribution in [-0.4, -0.2) is 8.42 Å². The summed E-state index contributed by atoms with van der Waals surface area (Å²) in [6.07, 6.45) is 0. The second kappa shape index (κ2) is 3.32. The molecule has 66 valence electrons. The monoisotopic (exact) mass is 272 g/mol. The highest BCUT2D eigenvalue weighted by Crippen LogP contribution is 2.26. The van der Waals surface area contributed by atoms with Gasteiger partial charge in [0.25, 0.3) is 9.05 Å². The smallest absolute Gasteiger partial charge is 0.207 e. The zero-order chi connectivity index (χ0) is 9.35. The molecule has 0 N–H and O–H groups in total. The fraction of sp³-hybridized carbons (Fsp3) is 0. The summed E-state index contributed by atoms with van der Waals surface area (Å²) < 4.78 is 34.2. The minimum atomic E-state index is -3.87. The van der Waals surface area contributed by atoms with Crippen LogP contribution >= 0.6 is 26.6 Å². The summed E-state index contributed by atoms with van der Waals surface area (Å²) in [6.45, 7) is 0. The summed E-state index contributed by atoms with van der Waals surface area (Å²) >= 11 is 2.78. The standard InChI is InChI=1S/C6H3BrClFO2S/c7-6-4(9)2-1-3-5(6)12(8,10)11/h1-3H. The van der Waals surface area contributed by atoms with E-state index >= 15 is 0 Å². The van der Waals surface area contributed by atoms with E-state index in [4.69, 9.17) is 10.7 Å². The Hall–Kier alpha value is -0.130. The van der Waals surface area contributed by atoms with Crippen molar-refractivity contribution in [1.29, 1.82) is 0 Å². The van der Waals surface area contributed by atoms with Gasteiger partial charge in [-0.15, -0.1) is 0 Å². The molecule has 0 spiro atoms. The van der Waals surface area contributed by atoms with Gasteiger partial charge in [-0.1, -0.05) is 6.07 Å². The predicted molar refractivity (Wildman–Crippen MR) is 47.1 cm³/mol. The van der Waals surface area contributed by atoms with Crippen molar-refractivity contribution < 1.29 is 12.8 Å². The summed E-state index contributed by atoms with van der Waals surface area (Å²) in [7, 11) is 1.14. The van der Waals surface area contributed by atoms with E-state index in [-0.39, 0.29) is 9.37 Å². The Morgan fingerprint density at radius 3 is 2.42 bits per heavy atom. The third-order valence-electron chi connectivity index (χ3n) is 1.18. The van der Waals surface area contributed by atoms with Gasteiger partial charge in [-0.25, -0.2) is 12.8 Å². The normalized spacial score (nSPS) is 11.6. The van der Waals surface area contributed by atoms with E-state index in [1.165, 1.54) is 12.1 Å². The van der Waals surface area contributed by atoms with Crippen molar-refractivity contribution in [3.05, 3.63) is 28.5 Å². The van der Waals surface area contributed by atoms with Gasteiger partial charge in [0.1, 0.15) is 5.82 Å². The number of benzene rings is 1. The van der Waals surface area contributed by atoms with Gasteiger partial charge < -0.3 is 0 Å². The molecular formula is C6H3BrClFO2S. The van der Waals surface area contributed by atoms with Crippen LogP contribution in [0.2, 0.25) is 0 Å². The molecule has 0 amide bonds. The maximum absolute atomic E-state index is 12.7. The fourth-order valence-corrected chi connectivity index (χ4v) is 2.79. The lowest BCUT2D eigenvalue weighted by Crippen LogP contribution is -1.93. The molecule has 0 unspecified atom stereocenters. The molecule has 1 aromatic carbocycles. The van der Waals surface area contributed by atoms with Gasteiger partial charge in [-0.2, -0.15) is 0 Å². The number of rotatable bonds is 1. The van der Waals surface area contributed by atoms with Crippen LogP contribution in [0.3, 0.4) is 0 Å². The Morgan fingerprint density at radius 2 is 2.00 bits per heavy atom. The molecule has 0 heterocycles. The van der Waals surface area contributed by atoms with Crippen molar-refractivity contribution in [3.8, 4) is 0 Å². The van der Waals surface area contributed by atoms with Gasteiger partial charge >= 0.3 is 0 Å². The molecule has 0 aliphatic heterocycles. The Labute approximate surface area is 81.9 Å². The van der Waals surface area contributed by atoms with Crippen LogP contribution in [0.25, 0.3) is 0 Å². The maximum atomic E-state index is 12.7. The Bertz CT molecular complexity index is 404. The van der Waals surface area contributed by atoms with Gasteiger partial charge in [-0.3, -0.25) is 0 Å². The molecule has 0 aromatic heterocycles. The quantitative estimate of drug-likeness (QED) is 0.737. The van der Waals surface area contributed by atoms with Crippen LogP contribution in [0.5, 0.6) is 0 Å². The number of hydrogen-bond acceptors (Lipinski definition) is 2. The zero-order valence-electron chi connectivity index (χ0n) is 5.59. The fourth-order valence-electron chi connectivity index (χ4n) is 0.672. The topological polar surface area (TPSA) is 34.1 Å². The van der Waals surface area contributed by atoms with Crippen LogP contribution in [0.15, 0.2) is 27.6 Å². The number of hydrogen-bond donors (Lipinski definition) is 0. The first-order valence-corrected chi connectivity index (χ1v) is 5.92. The summed E-state index contributed by atoms with van der Waals surface area (Å²) in [6, 6.07) is 3.63. The van der Waals surface area contributed by atoms with Gasteiger partial charge in [0.05, 0.1) is 9.37 Å². The molecule has 0 bridgehead atoms. The lowest BCUT2D eigenvalue weighted by atomic mass is 10.3. The minimum Gasteiger partial charge on any atom is -0.207 e. The average molecular weight is 274 g/mol. The molecule has 0 atom stereocenters. The van der Waals surface area contributed by atoms with Crippen molar-refractivity contribution >= 4 is 35.7 Å². The first kappa shape index (κ1) is 9.95. The molecule has 0 radical (unpaired) electrons. The highest BCUT2D eigenvalue weighted by atomic mass is 79.9. The zero-order valence-corrected chi connectivity index (χ0v) is 8.75. The van der Waals surface area contributed by atoms with Gasteiger partial charge in [0, 0.05) is 10.7 Å². The molecule has 0 saturated heterocycles. The van der Waals surface area contributed by atoms with Crippen LogP contribution in [0.4, 0.5) is 4.39 Å². The molecule has 2 nitrogen and oxygen atoms in total. The van der Waals surface area contributed by atoms with Crippen LogP contribution in [0, 0.1) is 5.82 Å². The van der Waals surface area contributed by atoms with E-state index in [1.54, 1.807) is 0 Å². The third-order valence-corrected chi connectivity index (χ3v) is 3.61. The molecule has 12 heavy (non-hydrogen) atoms. The second-order valence-electron chi connectivity index (χ2n) is 1.99.